The first-order chi connectivity index (χ1) is 9.18. The number of hydrogen-bond donors (Lipinski definition) is 0. The summed E-state index contributed by atoms with van der Waals surface area (Å²) in [5, 5.41) is 0. The van der Waals surface area contributed by atoms with Crippen LogP contribution in [0.3, 0.4) is 0 Å². The molecule has 106 valence electrons. The molecular weight excluding hydrogens is 254 g/mol. The summed E-state index contributed by atoms with van der Waals surface area (Å²) in [7, 11) is -0.859. The van der Waals surface area contributed by atoms with E-state index in [2.05, 4.69) is 30.9 Å². The lowest BCUT2D eigenvalue weighted by atomic mass is 10.1. The van der Waals surface area contributed by atoms with Gasteiger partial charge in [-0.05, 0) is 43.7 Å². The largest absolute Gasteiger partial charge is 0.371 e. The van der Waals surface area contributed by atoms with Crippen LogP contribution >= 0.6 is 0 Å². The number of benzene rings is 1. The zero-order chi connectivity index (χ0) is 13.7. The van der Waals surface area contributed by atoms with E-state index < -0.39 is 10.8 Å². The number of para-hydroxylation sites is 1. The third-order valence-electron chi connectivity index (χ3n) is 3.69. The average Bonchev–Trinajstić information content (AvgIpc) is 2.45. The normalized spacial score (nSPS) is 17.7. The molecule has 0 spiro atoms. The van der Waals surface area contributed by atoms with Gasteiger partial charge in [0.05, 0.1) is 21.4 Å². The molecule has 1 fully saturated rings. The Hall–Kier alpha value is -0.830. The van der Waals surface area contributed by atoms with Gasteiger partial charge in [0.15, 0.2) is 0 Å². The van der Waals surface area contributed by atoms with Gasteiger partial charge >= 0.3 is 0 Å². The summed E-state index contributed by atoms with van der Waals surface area (Å²) < 4.78 is 12.5. The zero-order valence-electron chi connectivity index (χ0n) is 12.1. The topological polar surface area (TPSA) is 20.3 Å². The van der Waals surface area contributed by atoms with Crippen molar-refractivity contribution in [1.29, 1.82) is 0 Å². The van der Waals surface area contributed by atoms with Gasteiger partial charge in [0.25, 0.3) is 0 Å². The van der Waals surface area contributed by atoms with Gasteiger partial charge in [0, 0.05) is 18.8 Å². The second-order valence-corrected chi connectivity index (χ2v) is 7.29. The molecule has 2 rings (SSSR count). The van der Waals surface area contributed by atoms with Crippen LogP contribution in [0.4, 0.5) is 5.69 Å². The Kier molecular flexibility index (Phi) is 5.44. The number of nitrogens with zero attached hydrogens (tertiary/aromatic N) is 1. The Balaban J connectivity index is 2.13. The molecule has 0 saturated carbocycles. The minimum atomic E-state index is -0.859. The molecule has 0 aliphatic carbocycles. The summed E-state index contributed by atoms with van der Waals surface area (Å²) in [6.45, 7) is 6.60. The summed E-state index contributed by atoms with van der Waals surface area (Å²) in [5.74, 6) is 1.40. The van der Waals surface area contributed by atoms with Crippen LogP contribution in [-0.4, -0.2) is 23.1 Å². The summed E-state index contributed by atoms with van der Waals surface area (Å²) in [5.41, 5.74) is 1.20. The van der Waals surface area contributed by atoms with E-state index >= 15 is 0 Å². The molecule has 1 unspecified atom stereocenters. The highest BCUT2D eigenvalue weighted by atomic mass is 32.2. The minimum Gasteiger partial charge on any atom is -0.371 e. The Bertz CT molecular complexity index is 425. The first-order valence-corrected chi connectivity index (χ1v) is 8.72. The fourth-order valence-electron chi connectivity index (χ4n) is 2.50. The first kappa shape index (κ1) is 14.6. The third-order valence-corrected chi connectivity index (χ3v) is 5.13. The first-order valence-electron chi connectivity index (χ1n) is 7.41. The van der Waals surface area contributed by atoms with E-state index in [1.165, 1.54) is 24.9 Å². The molecule has 1 aliphatic heterocycles. The predicted molar refractivity (Wildman–Crippen MR) is 83.2 cm³/mol. The van der Waals surface area contributed by atoms with E-state index in [0.29, 0.717) is 5.92 Å². The Morgan fingerprint density at radius 2 is 1.84 bits per heavy atom. The lowest BCUT2D eigenvalue weighted by Crippen LogP contribution is -2.30. The monoisotopic (exact) mass is 279 g/mol. The van der Waals surface area contributed by atoms with Gasteiger partial charge in [-0.3, -0.25) is 4.21 Å². The second kappa shape index (κ2) is 7.09. The van der Waals surface area contributed by atoms with Crippen LogP contribution in [0.25, 0.3) is 0 Å². The molecule has 19 heavy (non-hydrogen) atoms. The van der Waals surface area contributed by atoms with Crippen LogP contribution in [-0.2, 0) is 10.8 Å². The van der Waals surface area contributed by atoms with Crippen molar-refractivity contribution in [2.24, 2.45) is 5.92 Å². The molecule has 0 bridgehead atoms. The van der Waals surface area contributed by atoms with Crippen molar-refractivity contribution >= 4 is 16.5 Å². The number of piperidine rings is 1. The van der Waals surface area contributed by atoms with Crippen molar-refractivity contribution < 1.29 is 4.21 Å². The lowest BCUT2D eigenvalue weighted by molar-refractivity contribution is 0.574. The van der Waals surface area contributed by atoms with Gasteiger partial charge in [-0.25, -0.2) is 0 Å². The van der Waals surface area contributed by atoms with Crippen LogP contribution in [0.5, 0.6) is 0 Å². The predicted octanol–water partition coefficient (Wildman–Crippen LogP) is 3.83. The third kappa shape index (κ3) is 4.07. The van der Waals surface area contributed by atoms with Crippen LogP contribution in [0.15, 0.2) is 29.2 Å². The molecule has 0 radical (unpaired) electrons. The average molecular weight is 279 g/mol. The van der Waals surface area contributed by atoms with E-state index in [1.807, 2.05) is 12.1 Å². The molecule has 1 aliphatic rings. The maximum absolute atomic E-state index is 12.5. The van der Waals surface area contributed by atoms with Gasteiger partial charge in [0.1, 0.15) is 0 Å². The number of anilines is 1. The van der Waals surface area contributed by atoms with E-state index in [0.717, 1.165) is 30.2 Å². The van der Waals surface area contributed by atoms with Crippen molar-refractivity contribution in [1.82, 2.24) is 0 Å². The SMILES string of the molecule is CC(C)CCS(=O)c1ccccc1N1CCCCC1. The maximum Gasteiger partial charge on any atom is 0.0621 e. The fourth-order valence-corrected chi connectivity index (χ4v) is 4.06. The highest BCUT2D eigenvalue weighted by Gasteiger charge is 2.17. The fraction of sp³-hybridized carbons (Fsp3) is 0.625. The van der Waals surface area contributed by atoms with Gasteiger partial charge in [-0.15, -0.1) is 0 Å². The summed E-state index contributed by atoms with van der Waals surface area (Å²) >= 11 is 0. The van der Waals surface area contributed by atoms with E-state index in [1.54, 1.807) is 0 Å². The van der Waals surface area contributed by atoms with Crippen molar-refractivity contribution in [2.75, 3.05) is 23.7 Å². The highest BCUT2D eigenvalue weighted by molar-refractivity contribution is 7.85. The molecule has 0 N–H and O–H groups in total. The molecule has 2 nitrogen and oxygen atoms in total. The molecule has 1 saturated heterocycles. The highest BCUT2D eigenvalue weighted by Crippen LogP contribution is 2.27. The molecule has 1 aromatic carbocycles. The van der Waals surface area contributed by atoms with Gasteiger partial charge in [-0.1, -0.05) is 26.0 Å². The maximum atomic E-state index is 12.5. The molecule has 1 atom stereocenters. The summed E-state index contributed by atoms with van der Waals surface area (Å²) in [6.07, 6.45) is 4.87. The summed E-state index contributed by atoms with van der Waals surface area (Å²) in [6, 6.07) is 8.25. The minimum absolute atomic E-state index is 0.617. The van der Waals surface area contributed by atoms with Crippen LogP contribution in [0.2, 0.25) is 0 Å². The van der Waals surface area contributed by atoms with Crippen LogP contribution in [0.1, 0.15) is 39.5 Å². The number of rotatable bonds is 5. The van der Waals surface area contributed by atoms with E-state index in [4.69, 9.17) is 0 Å². The van der Waals surface area contributed by atoms with E-state index in [9.17, 15) is 4.21 Å². The smallest absolute Gasteiger partial charge is 0.0621 e. The van der Waals surface area contributed by atoms with Crippen LogP contribution < -0.4 is 4.90 Å². The zero-order valence-corrected chi connectivity index (χ0v) is 12.9. The Labute approximate surface area is 119 Å². The summed E-state index contributed by atoms with van der Waals surface area (Å²) in [4.78, 5) is 3.44. The second-order valence-electron chi connectivity index (χ2n) is 5.75. The van der Waals surface area contributed by atoms with E-state index in [-0.39, 0.29) is 0 Å². The lowest BCUT2D eigenvalue weighted by Gasteiger charge is -2.30. The molecule has 0 aromatic heterocycles. The van der Waals surface area contributed by atoms with Gasteiger partial charge < -0.3 is 4.90 Å². The van der Waals surface area contributed by atoms with Gasteiger partial charge in [-0.2, -0.15) is 0 Å². The van der Waals surface area contributed by atoms with Crippen molar-refractivity contribution in [3.05, 3.63) is 24.3 Å². The number of hydrogen-bond acceptors (Lipinski definition) is 2. The Morgan fingerprint density at radius 3 is 2.53 bits per heavy atom. The quantitative estimate of drug-likeness (QED) is 0.816. The molecule has 0 amide bonds. The van der Waals surface area contributed by atoms with Crippen molar-refractivity contribution in [3.63, 3.8) is 0 Å². The Morgan fingerprint density at radius 1 is 1.16 bits per heavy atom. The van der Waals surface area contributed by atoms with Crippen molar-refractivity contribution in [2.45, 2.75) is 44.4 Å². The van der Waals surface area contributed by atoms with Crippen LogP contribution in [0, 0.1) is 5.92 Å². The van der Waals surface area contributed by atoms with Gasteiger partial charge in [0.2, 0.25) is 0 Å². The standard InChI is InChI=1S/C16H25NOS/c1-14(2)10-13-19(18)16-9-5-4-8-15(16)17-11-6-3-7-12-17/h4-5,8-9,14H,3,6-7,10-13H2,1-2H3. The molecule has 1 heterocycles. The molecule has 3 heteroatoms. The molecule has 1 aromatic rings. The van der Waals surface area contributed by atoms with Crippen molar-refractivity contribution in [3.8, 4) is 0 Å². The molecular formula is C16H25NOS.